The Morgan fingerprint density at radius 1 is 1.04 bits per heavy atom. The van der Waals surface area contributed by atoms with Crippen LogP contribution in [0.5, 0.6) is 0 Å². The summed E-state index contributed by atoms with van der Waals surface area (Å²) in [5.74, 6) is 3.11. The number of aromatic amines is 1. The molecule has 4 aliphatic rings. The Bertz CT molecular complexity index is 1900. The molecule has 7 rings (SSSR count). The van der Waals surface area contributed by atoms with Crippen molar-refractivity contribution in [3.63, 3.8) is 0 Å². The molecule has 2 unspecified atom stereocenters. The molecule has 0 bridgehead atoms. The molecule has 3 heterocycles. The van der Waals surface area contributed by atoms with Crippen molar-refractivity contribution in [1.82, 2.24) is 25.5 Å². The molecule has 0 radical (unpaired) electrons. The highest BCUT2D eigenvalue weighted by Gasteiger charge is 2.65. The average molecular weight is 735 g/mol. The summed E-state index contributed by atoms with van der Waals surface area (Å²) in [6, 6.07) is 10.3. The van der Waals surface area contributed by atoms with Crippen molar-refractivity contribution in [2.45, 2.75) is 91.6 Å². The lowest BCUT2D eigenvalue weighted by molar-refractivity contribution is -0.211. The van der Waals surface area contributed by atoms with Crippen LogP contribution in [0.2, 0.25) is 0 Å². The highest BCUT2D eigenvalue weighted by atomic mass is 16.2. The summed E-state index contributed by atoms with van der Waals surface area (Å²) in [6.07, 6.45) is 11.7. The minimum atomic E-state index is -0.374. The maximum absolute atomic E-state index is 14.0. The number of anilines is 2. The Morgan fingerprint density at radius 3 is 2.46 bits per heavy atom. The first kappa shape index (κ1) is 37.8. The van der Waals surface area contributed by atoms with Gasteiger partial charge in [-0.2, -0.15) is 0 Å². The summed E-state index contributed by atoms with van der Waals surface area (Å²) in [5.41, 5.74) is 5.33. The molecule has 2 amide bonds. The SMILES string of the molecule is CCCc1cc(C)[nH]c(=O)c1CNC(=O)c1cc(-c2ccc(N3CCN(C(C)C)CC3)nc2)cc(NCCNC(=O)CC23CC4CCCC(C2)C43)c1C=N. The van der Waals surface area contributed by atoms with Crippen molar-refractivity contribution in [1.29, 1.82) is 5.41 Å². The van der Waals surface area contributed by atoms with E-state index in [0.29, 0.717) is 47.9 Å². The number of piperazine rings is 1. The van der Waals surface area contributed by atoms with Gasteiger partial charge in [-0.05, 0) is 105 Å². The van der Waals surface area contributed by atoms with Gasteiger partial charge in [0.15, 0.2) is 0 Å². The number of benzene rings is 1. The number of H-pyrrole nitrogens is 1. The highest BCUT2D eigenvalue weighted by molar-refractivity contribution is 6.06. The van der Waals surface area contributed by atoms with Gasteiger partial charge in [0.1, 0.15) is 5.82 Å². The van der Waals surface area contributed by atoms with E-state index < -0.39 is 0 Å². The Kier molecular flexibility index (Phi) is 11.2. The van der Waals surface area contributed by atoms with Crippen LogP contribution in [0.25, 0.3) is 11.1 Å². The van der Waals surface area contributed by atoms with E-state index in [1.807, 2.05) is 37.4 Å². The third-order valence-electron chi connectivity index (χ3n) is 12.8. The largest absolute Gasteiger partial charge is 0.383 e. The molecule has 2 aromatic heterocycles. The van der Waals surface area contributed by atoms with Gasteiger partial charge >= 0.3 is 0 Å². The van der Waals surface area contributed by atoms with Crippen LogP contribution in [-0.4, -0.2) is 78.2 Å². The van der Waals surface area contributed by atoms with Gasteiger partial charge in [-0.15, -0.1) is 0 Å². The second kappa shape index (κ2) is 16.1. The molecular weight excluding hydrogens is 677 g/mol. The monoisotopic (exact) mass is 734 g/mol. The molecule has 11 heteroatoms. The average Bonchev–Trinajstić information content (AvgIpc) is 3.14. The summed E-state index contributed by atoms with van der Waals surface area (Å²) in [6.45, 7) is 13.2. The molecular formula is C43H58N8O3. The number of rotatable bonds is 15. The fourth-order valence-corrected chi connectivity index (χ4v) is 10.2. The quantitative estimate of drug-likeness (QED) is 0.0966. The third kappa shape index (κ3) is 7.70. The number of hydrogen-bond donors (Lipinski definition) is 5. The fourth-order valence-electron chi connectivity index (χ4n) is 10.2. The van der Waals surface area contributed by atoms with E-state index in [9.17, 15) is 14.4 Å². The molecule has 2 atom stereocenters. The molecule has 3 saturated carbocycles. The Balaban J connectivity index is 1.07. The molecule has 0 spiro atoms. The van der Waals surface area contributed by atoms with Crippen molar-refractivity contribution in [3.8, 4) is 11.1 Å². The summed E-state index contributed by atoms with van der Waals surface area (Å²) >= 11 is 0. The molecule has 3 aromatic rings. The van der Waals surface area contributed by atoms with Crippen molar-refractivity contribution in [2.24, 2.45) is 23.2 Å². The second-order valence-corrected chi connectivity index (χ2v) is 16.6. The molecule has 1 aromatic carbocycles. The lowest BCUT2D eigenvalue weighted by atomic mass is 9.34. The molecule has 5 N–H and O–H groups in total. The molecule has 1 saturated heterocycles. The molecule has 54 heavy (non-hydrogen) atoms. The minimum Gasteiger partial charge on any atom is -0.383 e. The topological polar surface area (TPSA) is 146 Å². The summed E-state index contributed by atoms with van der Waals surface area (Å²) in [4.78, 5) is 52.5. The van der Waals surface area contributed by atoms with Crippen LogP contribution in [0.4, 0.5) is 11.5 Å². The smallest absolute Gasteiger partial charge is 0.253 e. The maximum atomic E-state index is 14.0. The first-order valence-electron chi connectivity index (χ1n) is 20.2. The van der Waals surface area contributed by atoms with Gasteiger partial charge < -0.3 is 31.2 Å². The lowest BCUT2D eigenvalue weighted by Crippen LogP contribution is -2.63. The number of aromatic nitrogens is 2. The predicted molar refractivity (Wildman–Crippen MR) is 216 cm³/mol. The van der Waals surface area contributed by atoms with Crippen LogP contribution in [-0.2, 0) is 17.8 Å². The fraction of sp³-hybridized carbons (Fsp3) is 0.558. The predicted octanol–water partition coefficient (Wildman–Crippen LogP) is 5.90. The summed E-state index contributed by atoms with van der Waals surface area (Å²) in [5, 5.41) is 17.9. The number of aryl methyl sites for hydroxylation is 2. The number of carbonyl (C=O) groups is 2. The van der Waals surface area contributed by atoms with E-state index >= 15 is 0 Å². The van der Waals surface area contributed by atoms with Gasteiger partial charge in [0.05, 0.1) is 5.56 Å². The normalized spacial score (nSPS) is 23.2. The van der Waals surface area contributed by atoms with Gasteiger partial charge in [-0.3, -0.25) is 19.3 Å². The molecule has 11 nitrogen and oxygen atoms in total. The third-order valence-corrected chi connectivity index (χ3v) is 12.8. The van der Waals surface area contributed by atoms with Crippen LogP contribution in [0.15, 0.2) is 41.3 Å². The van der Waals surface area contributed by atoms with Crippen LogP contribution < -0.4 is 26.4 Å². The van der Waals surface area contributed by atoms with Crippen LogP contribution >= 0.6 is 0 Å². The standard InChI is InChI=1S/C43H58N8O3/c1-5-7-29-18-28(4)49-42(54)36(29)26-48-41(53)34-19-33(32-10-11-38(47-25-32)51-16-14-50(15-17-51)27(2)3)20-37(35(34)24-44)45-12-13-46-39(52)23-43-21-30-8-6-9-31(22-43)40(30)43/h10-11,18-20,24-25,27,30-31,40,44-45H,5-9,12-17,21-23,26H2,1-4H3,(H,46,52)(H,48,53)(H,49,54). The molecule has 3 aliphatic carbocycles. The Hall–Kier alpha value is -4.51. The number of nitrogens with zero attached hydrogens (tertiary/aromatic N) is 3. The van der Waals surface area contributed by atoms with E-state index in [-0.39, 0.29) is 29.3 Å². The first-order valence-corrected chi connectivity index (χ1v) is 20.2. The van der Waals surface area contributed by atoms with Crippen molar-refractivity contribution >= 4 is 29.5 Å². The van der Waals surface area contributed by atoms with E-state index in [2.05, 4.69) is 51.5 Å². The Labute approximate surface area is 319 Å². The van der Waals surface area contributed by atoms with Gasteiger partial charge in [0.2, 0.25) is 5.91 Å². The number of carbonyl (C=O) groups excluding carboxylic acids is 2. The summed E-state index contributed by atoms with van der Waals surface area (Å²) in [7, 11) is 0. The van der Waals surface area contributed by atoms with Crippen molar-refractivity contribution in [3.05, 3.63) is 74.8 Å². The minimum absolute atomic E-state index is 0.0738. The van der Waals surface area contributed by atoms with Gasteiger partial charge in [0, 0.05) is 98.8 Å². The number of hydrogen-bond acceptors (Lipinski definition) is 8. The van der Waals surface area contributed by atoms with Crippen molar-refractivity contribution < 1.29 is 9.59 Å². The highest BCUT2D eigenvalue weighted by Crippen LogP contribution is 2.72. The van der Waals surface area contributed by atoms with E-state index in [1.165, 1.54) is 38.3 Å². The first-order chi connectivity index (χ1) is 26.1. The van der Waals surface area contributed by atoms with Crippen LogP contribution in [0.3, 0.4) is 0 Å². The van der Waals surface area contributed by atoms with Crippen molar-refractivity contribution in [2.75, 3.05) is 49.5 Å². The van der Waals surface area contributed by atoms with E-state index in [4.69, 9.17) is 10.4 Å². The second-order valence-electron chi connectivity index (χ2n) is 16.6. The molecule has 1 aliphatic heterocycles. The zero-order valence-electron chi connectivity index (χ0n) is 32.5. The van der Waals surface area contributed by atoms with E-state index in [0.717, 1.165) is 85.0 Å². The maximum Gasteiger partial charge on any atom is 0.253 e. The molecule has 288 valence electrons. The van der Waals surface area contributed by atoms with Crippen LogP contribution in [0.1, 0.15) is 98.5 Å². The van der Waals surface area contributed by atoms with Gasteiger partial charge in [-0.25, -0.2) is 4.98 Å². The zero-order valence-corrected chi connectivity index (χ0v) is 32.5. The van der Waals surface area contributed by atoms with Gasteiger partial charge in [0.25, 0.3) is 11.5 Å². The lowest BCUT2D eigenvalue weighted by Gasteiger charge is -2.70. The molecule has 4 fully saturated rings. The van der Waals surface area contributed by atoms with Gasteiger partial charge in [-0.1, -0.05) is 32.6 Å². The van der Waals surface area contributed by atoms with Crippen LogP contribution in [0, 0.1) is 35.5 Å². The number of amides is 2. The number of nitrogens with one attached hydrogen (secondary N) is 5. The number of pyridine rings is 2. The zero-order chi connectivity index (χ0) is 38.0. The van der Waals surface area contributed by atoms with E-state index in [1.54, 1.807) is 6.07 Å². The Morgan fingerprint density at radius 2 is 1.80 bits per heavy atom. The summed E-state index contributed by atoms with van der Waals surface area (Å²) < 4.78 is 0.